The summed E-state index contributed by atoms with van der Waals surface area (Å²) in [6.45, 7) is 7.15. The summed E-state index contributed by atoms with van der Waals surface area (Å²) >= 11 is 0. The topological polar surface area (TPSA) is 66.8 Å². The van der Waals surface area contributed by atoms with Gasteiger partial charge in [-0.15, -0.1) is 0 Å². The van der Waals surface area contributed by atoms with Crippen molar-refractivity contribution < 1.29 is 19.4 Å². The Kier molecular flexibility index (Phi) is 4.37. The second-order valence-electron chi connectivity index (χ2n) is 6.81. The summed E-state index contributed by atoms with van der Waals surface area (Å²) in [6.07, 6.45) is 2.86. The molecule has 1 saturated carbocycles. The van der Waals surface area contributed by atoms with Gasteiger partial charge in [-0.2, -0.15) is 0 Å². The van der Waals surface area contributed by atoms with Crippen LogP contribution >= 0.6 is 0 Å². The van der Waals surface area contributed by atoms with Gasteiger partial charge in [0, 0.05) is 19.0 Å². The van der Waals surface area contributed by atoms with Crippen LogP contribution in [0.4, 0.5) is 0 Å². The van der Waals surface area contributed by atoms with Crippen molar-refractivity contribution in [3.63, 3.8) is 0 Å². The average Bonchev–Trinajstić information content (AvgIpc) is 2.35. The summed E-state index contributed by atoms with van der Waals surface area (Å²) in [7, 11) is 0. The van der Waals surface area contributed by atoms with Crippen LogP contribution in [-0.2, 0) is 14.3 Å². The first-order chi connectivity index (χ1) is 9.28. The van der Waals surface area contributed by atoms with Gasteiger partial charge in [-0.05, 0) is 40.0 Å². The van der Waals surface area contributed by atoms with Gasteiger partial charge in [0.1, 0.15) is 0 Å². The zero-order valence-electron chi connectivity index (χ0n) is 12.6. The van der Waals surface area contributed by atoms with Crippen molar-refractivity contribution in [2.24, 2.45) is 11.8 Å². The normalized spacial score (nSPS) is 33.8. The molecular weight excluding hydrogens is 258 g/mol. The molecule has 1 amide bonds. The number of carboxylic acid groups (broad SMARTS) is 1. The molecule has 1 aliphatic carbocycles. The summed E-state index contributed by atoms with van der Waals surface area (Å²) in [5.41, 5.74) is -0.325. The Balaban J connectivity index is 2.01. The van der Waals surface area contributed by atoms with Crippen molar-refractivity contribution >= 4 is 11.9 Å². The van der Waals surface area contributed by atoms with E-state index in [4.69, 9.17) is 9.84 Å². The number of carbonyl (C=O) groups excluding carboxylic acids is 1. The predicted octanol–water partition coefficient (Wildman–Crippen LogP) is 1.90. The van der Waals surface area contributed by atoms with Gasteiger partial charge >= 0.3 is 5.97 Å². The van der Waals surface area contributed by atoms with Gasteiger partial charge in [0.2, 0.25) is 5.91 Å². The largest absolute Gasteiger partial charge is 0.481 e. The molecular formula is C15H25NO4. The monoisotopic (exact) mass is 283 g/mol. The smallest absolute Gasteiger partial charge is 0.306 e. The number of ether oxygens (including phenoxy) is 1. The molecule has 0 aromatic carbocycles. The van der Waals surface area contributed by atoms with Gasteiger partial charge < -0.3 is 14.7 Å². The van der Waals surface area contributed by atoms with Gasteiger partial charge in [-0.3, -0.25) is 9.59 Å². The summed E-state index contributed by atoms with van der Waals surface area (Å²) in [6, 6.07) is 0. The molecule has 3 atom stereocenters. The molecule has 0 radical (unpaired) electrons. The number of carbonyl (C=O) groups is 2. The van der Waals surface area contributed by atoms with Crippen molar-refractivity contribution in [3.05, 3.63) is 0 Å². The maximum absolute atomic E-state index is 12.6. The molecule has 5 heteroatoms. The van der Waals surface area contributed by atoms with E-state index in [1.807, 2.05) is 25.7 Å². The van der Waals surface area contributed by atoms with E-state index in [1.165, 1.54) is 0 Å². The number of morpholine rings is 1. The molecule has 20 heavy (non-hydrogen) atoms. The van der Waals surface area contributed by atoms with E-state index < -0.39 is 5.97 Å². The first-order valence-corrected chi connectivity index (χ1v) is 7.48. The van der Waals surface area contributed by atoms with Gasteiger partial charge in [0.25, 0.3) is 0 Å². The first-order valence-electron chi connectivity index (χ1n) is 7.48. The molecule has 2 fully saturated rings. The van der Waals surface area contributed by atoms with E-state index in [0.717, 1.165) is 12.8 Å². The van der Waals surface area contributed by atoms with Crippen LogP contribution in [0.25, 0.3) is 0 Å². The third kappa shape index (κ3) is 3.51. The number of hydrogen-bond acceptors (Lipinski definition) is 3. The fourth-order valence-electron chi connectivity index (χ4n) is 3.52. The lowest BCUT2D eigenvalue weighted by molar-refractivity contribution is -0.163. The second-order valence-corrected chi connectivity index (χ2v) is 6.81. The van der Waals surface area contributed by atoms with Gasteiger partial charge in [-0.1, -0.05) is 6.42 Å². The Morgan fingerprint density at radius 2 is 1.90 bits per heavy atom. The van der Waals surface area contributed by atoms with Crippen LogP contribution in [0.3, 0.4) is 0 Å². The molecule has 1 aliphatic heterocycles. The number of aliphatic carboxylic acids is 1. The van der Waals surface area contributed by atoms with E-state index in [1.54, 1.807) is 0 Å². The summed E-state index contributed by atoms with van der Waals surface area (Å²) < 4.78 is 5.81. The van der Waals surface area contributed by atoms with Crippen molar-refractivity contribution in [1.82, 2.24) is 4.90 Å². The fourth-order valence-corrected chi connectivity index (χ4v) is 3.52. The van der Waals surface area contributed by atoms with Gasteiger partial charge in [0.15, 0.2) is 0 Å². The molecule has 3 unspecified atom stereocenters. The molecule has 2 rings (SSSR count). The standard InChI is InChI=1S/C15H25NO4/c1-10-8-16(9-15(2,3)20-10)13(17)11-5-4-6-12(7-11)14(18)19/h10-12H,4-9H2,1-3H3,(H,18,19). The highest BCUT2D eigenvalue weighted by Crippen LogP contribution is 2.32. The summed E-state index contributed by atoms with van der Waals surface area (Å²) in [5.74, 6) is -1.15. The molecule has 2 aliphatic rings. The minimum atomic E-state index is -0.766. The van der Waals surface area contributed by atoms with Crippen molar-refractivity contribution in [3.8, 4) is 0 Å². The Bertz CT molecular complexity index is 393. The van der Waals surface area contributed by atoms with E-state index in [2.05, 4.69) is 0 Å². The number of hydrogen-bond donors (Lipinski definition) is 1. The number of carboxylic acids is 1. The highest BCUT2D eigenvalue weighted by atomic mass is 16.5. The quantitative estimate of drug-likeness (QED) is 0.840. The summed E-state index contributed by atoms with van der Waals surface area (Å²) in [4.78, 5) is 25.6. The lowest BCUT2D eigenvalue weighted by Gasteiger charge is -2.43. The van der Waals surface area contributed by atoms with Crippen molar-refractivity contribution in [2.75, 3.05) is 13.1 Å². The van der Waals surface area contributed by atoms with Gasteiger partial charge in [-0.25, -0.2) is 0 Å². The Hall–Kier alpha value is -1.10. The second kappa shape index (κ2) is 5.72. The molecule has 1 heterocycles. The van der Waals surface area contributed by atoms with E-state index in [0.29, 0.717) is 25.9 Å². The van der Waals surface area contributed by atoms with E-state index >= 15 is 0 Å². The van der Waals surface area contributed by atoms with Crippen LogP contribution < -0.4 is 0 Å². The van der Waals surface area contributed by atoms with Crippen LogP contribution in [0.1, 0.15) is 46.5 Å². The highest BCUT2D eigenvalue weighted by Gasteiger charge is 2.38. The third-order valence-electron chi connectivity index (χ3n) is 4.25. The number of rotatable bonds is 2. The highest BCUT2D eigenvalue weighted by molar-refractivity contribution is 5.80. The lowest BCUT2D eigenvalue weighted by Crippen LogP contribution is -2.55. The minimum absolute atomic E-state index is 0.0292. The third-order valence-corrected chi connectivity index (χ3v) is 4.25. The van der Waals surface area contributed by atoms with Crippen LogP contribution in [-0.4, -0.2) is 46.7 Å². The number of nitrogens with zero attached hydrogens (tertiary/aromatic N) is 1. The van der Waals surface area contributed by atoms with Crippen molar-refractivity contribution in [1.29, 1.82) is 0 Å². The average molecular weight is 283 g/mol. The fraction of sp³-hybridized carbons (Fsp3) is 0.867. The van der Waals surface area contributed by atoms with Gasteiger partial charge in [0.05, 0.1) is 17.6 Å². The minimum Gasteiger partial charge on any atom is -0.481 e. The van der Waals surface area contributed by atoms with Crippen molar-refractivity contribution in [2.45, 2.75) is 58.2 Å². The van der Waals surface area contributed by atoms with Crippen LogP contribution in [0, 0.1) is 11.8 Å². The van der Waals surface area contributed by atoms with Crippen LogP contribution in [0.5, 0.6) is 0 Å². The molecule has 1 N–H and O–H groups in total. The zero-order chi connectivity index (χ0) is 14.9. The van der Waals surface area contributed by atoms with Crippen LogP contribution in [0.2, 0.25) is 0 Å². The molecule has 5 nitrogen and oxygen atoms in total. The van der Waals surface area contributed by atoms with E-state index in [-0.39, 0.29) is 29.4 Å². The van der Waals surface area contributed by atoms with Crippen LogP contribution in [0.15, 0.2) is 0 Å². The Labute approximate surface area is 120 Å². The SMILES string of the molecule is CC1CN(C(=O)C2CCCC(C(=O)O)C2)CC(C)(C)O1. The summed E-state index contributed by atoms with van der Waals surface area (Å²) in [5, 5.41) is 9.13. The maximum Gasteiger partial charge on any atom is 0.306 e. The Morgan fingerprint density at radius 1 is 1.25 bits per heavy atom. The molecule has 0 spiro atoms. The maximum atomic E-state index is 12.6. The molecule has 1 saturated heterocycles. The zero-order valence-corrected chi connectivity index (χ0v) is 12.6. The molecule has 0 bridgehead atoms. The Morgan fingerprint density at radius 3 is 2.50 bits per heavy atom. The predicted molar refractivity (Wildman–Crippen MR) is 74.3 cm³/mol. The number of amides is 1. The first kappa shape index (κ1) is 15.3. The lowest BCUT2D eigenvalue weighted by atomic mass is 9.80. The molecule has 114 valence electrons. The molecule has 0 aromatic rings. The molecule has 0 aromatic heterocycles. The van der Waals surface area contributed by atoms with E-state index in [9.17, 15) is 9.59 Å².